The Morgan fingerprint density at radius 1 is 1.45 bits per heavy atom. The summed E-state index contributed by atoms with van der Waals surface area (Å²) in [6, 6.07) is 2.30. The Labute approximate surface area is 127 Å². The molecule has 6 nitrogen and oxygen atoms in total. The Hall–Kier alpha value is -2.44. The molecule has 0 aliphatic carbocycles. The van der Waals surface area contributed by atoms with Crippen molar-refractivity contribution in [3.8, 4) is 5.75 Å². The highest BCUT2D eigenvalue weighted by molar-refractivity contribution is 5.91. The van der Waals surface area contributed by atoms with Crippen LogP contribution in [0.25, 0.3) is 10.9 Å². The van der Waals surface area contributed by atoms with Crippen molar-refractivity contribution in [2.75, 3.05) is 12.4 Å². The number of nitrogens with zero attached hydrogens (tertiary/aromatic N) is 2. The summed E-state index contributed by atoms with van der Waals surface area (Å²) in [5.41, 5.74) is 0.0940. The summed E-state index contributed by atoms with van der Waals surface area (Å²) >= 11 is 0. The highest BCUT2D eigenvalue weighted by atomic mass is 19.1. The Balaban J connectivity index is 2.39. The van der Waals surface area contributed by atoms with Gasteiger partial charge < -0.3 is 15.2 Å². The molecule has 1 aromatic heterocycles. The predicted octanol–water partition coefficient (Wildman–Crippen LogP) is 2.83. The fraction of sp³-hybridized carbons (Fsp3) is 0.400. The third-order valence-corrected chi connectivity index (χ3v) is 3.38. The number of nitrogens with one attached hydrogen (secondary N) is 1. The smallest absolute Gasteiger partial charge is 0.326 e. The molecule has 1 atom stereocenters. The van der Waals surface area contributed by atoms with Crippen molar-refractivity contribution in [3.63, 3.8) is 0 Å². The van der Waals surface area contributed by atoms with Crippen LogP contribution in [-0.2, 0) is 4.79 Å². The summed E-state index contributed by atoms with van der Waals surface area (Å²) in [4.78, 5) is 19.3. The second-order valence-electron chi connectivity index (χ2n) is 4.88. The minimum Gasteiger partial charge on any atom is -0.494 e. The van der Waals surface area contributed by atoms with Crippen molar-refractivity contribution in [2.45, 2.75) is 32.2 Å². The van der Waals surface area contributed by atoms with Crippen LogP contribution < -0.4 is 10.1 Å². The molecule has 0 spiro atoms. The van der Waals surface area contributed by atoms with E-state index in [0.717, 1.165) is 12.8 Å². The summed E-state index contributed by atoms with van der Waals surface area (Å²) in [7, 11) is 1.37. The van der Waals surface area contributed by atoms with Crippen LogP contribution in [0.2, 0.25) is 0 Å². The lowest BCUT2D eigenvalue weighted by atomic mass is 10.1. The number of fused-ring (bicyclic) bond motifs is 1. The number of methoxy groups -OCH3 is 1. The van der Waals surface area contributed by atoms with Crippen LogP contribution in [0.15, 0.2) is 18.5 Å². The second kappa shape index (κ2) is 7.02. The topological polar surface area (TPSA) is 84.3 Å². The zero-order valence-corrected chi connectivity index (χ0v) is 12.5. The van der Waals surface area contributed by atoms with Crippen molar-refractivity contribution >= 4 is 22.7 Å². The summed E-state index contributed by atoms with van der Waals surface area (Å²) < 4.78 is 19.1. The van der Waals surface area contributed by atoms with E-state index in [9.17, 15) is 14.3 Å². The Morgan fingerprint density at radius 3 is 2.86 bits per heavy atom. The van der Waals surface area contributed by atoms with Crippen LogP contribution in [0.3, 0.4) is 0 Å². The molecule has 2 N–H and O–H groups in total. The molecular formula is C15H18FN3O3. The highest BCUT2D eigenvalue weighted by Gasteiger charge is 2.19. The van der Waals surface area contributed by atoms with Gasteiger partial charge in [0.15, 0.2) is 11.6 Å². The van der Waals surface area contributed by atoms with Crippen molar-refractivity contribution in [2.24, 2.45) is 0 Å². The summed E-state index contributed by atoms with van der Waals surface area (Å²) in [5, 5.41) is 12.6. The number of halogens is 1. The van der Waals surface area contributed by atoms with Crippen LogP contribution in [0.5, 0.6) is 5.75 Å². The van der Waals surface area contributed by atoms with E-state index >= 15 is 0 Å². The van der Waals surface area contributed by atoms with Crippen molar-refractivity contribution < 1.29 is 19.0 Å². The summed E-state index contributed by atoms with van der Waals surface area (Å²) in [6.45, 7) is 1.99. The fourth-order valence-electron chi connectivity index (χ4n) is 2.18. The van der Waals surface area contributed by atoms with Gasteiger partial charge in [-0.15, -0.1) is 0 Å². The summed E-state index contributed by atoms with van der Waals surface area (Å²) in [6.07, 6.45) is 3.33. The number of aliphatic carboxylic acids is 1. The van der Waals surface area contributed by atoms with Gasteiger partial charge in [-0.2, -0.15) is 0 Å². The van der Waals surface area contributed by atoms with E-state index in [1.54, 1.807) is 6.07 Å². The molecule has 2 rings (SSSR count). The van der Waals surface area contributed by atoms with Gasteiger partial charge in [-0.05, 0) is 18.6 Å². The van der Waals surface area contributed by atoms with E-state index in [-0.39, 0.29) is 11.3 Å². The van der Waals surface area contributed by atoms with Crippen LogP contribution in [0.1, 0.15) is 26.2 Å². The van der Waals surface area contributed by atoms with Crippen LogP contribution >= 0.6 is 0 Å². The minimum absolute atomic E-state index is 0.0814. The molecule has 0 radical (unpaired) electrons. The maximum Gasteiger partial charge on any atom is 0.326 e. The molecule has 0 bridgehead atoms. The number of rotatable bonds is 7. The first kappa shape index (κ1) is 15.9. The Morgan fingerprint density at radius 2 is 2.23 bits per heavy atom. The van der Waals surface area contributed by atoms with Gasteiger partial charge in [0.1, 0.15) is 23.7 Å². The van der Waals surface area contributed by atoms with Gasteiger partial charge in [-0.1, -0.05) is 19.8 Å². The van der Waals surface area contributed by atoms with Crippen molar-refractivity contribution in [1.82, 2.24) is 9.97 Å². The molecule has 0 fully saturated rings. The highest BCUT2D eigenvalue weighted by Crippen LogP contribution is 2.28. The first-order valence-electron chi connectivity index (χ1n) is 7.05. The van der Waals surface area contributed by atoms with Gasteiger partial charge in [0, 0.05) is 5.39 Å². The Bertz CT molecular complexity index is 678. The first-order chi connectivity index (χ1) is 10.6. The molecule has 1 heterocycles. The van der Waals surface area contributed by atoms with Gasteiger partial charge >= 0.3 is 5.97 Å². The Kier molecular flexibility index (Phi) is 5.08. The molecule has 0 unspecified atom stereocenters. The van der Waals surface area contributed by atoms with E-state index in [2.05, 4.69) is 15.3 Å². The predicted molar refractivity (Wildman–Crippen MR) is 80.6 cm³/mol. The van der Waals surface area contributed by atoms with Gasteiger partial charge in [0.25, 0.3) is 0 Å². The van der Waals surface area contributed by atoms with Gasteiger partial charge in [0.05, 0.1) is 7.11 Å². The number of ether oxygens (including phenoxy) is 1. The van der Waals surface area contributed by atoms with Crippen LogP contribution in [0.4, 0.5) is 10.2 Å². The zero-order chi connectivity index (χ0) is 16.1. The van der Waals surface area contributed by atoms with E-state index in [4.69, 9.17) is 4.74 Å². The minimum atomic E-state index is -0.964. The van der Waals surface area contributed by atoms with Crippen molar-refractivity contribution in [3.05, 3.63) is 24.3 Å². The largest absolute Gasteiger partial charge is 0.494 e. The van der Waals surface area contributed by atoms with Gasteiger partial charge in [0.2, 0.25) is 0 Å². The lowest BCUT2D eigenvalue weighted by molar-refractivity contribution is -0.138. The number of carboxylic acids is 1. The third-order valence-electron chi connectivity index (χ3n) is 3.38. The molecule has 2 aromatic rings. The zero-order valence-electron chi connectivity index (χ0n) is 12.5. The number of hydrogen-bond acceptors (Lipinski definition) is 5. The van der Waals surface area contributed by atoms with Crippen molar-refractivity contribution in [1.29, 1.82) is 0 Å². The maximum absolute atomic E-state index is 14.2. The average Bonchev–Trinajstić information content (AvgIpc) is 2.52. The SMILES string of the molecule is CCCC[C@H](Nc1ncnc2c(F)c(OC)ccc12)C(=O)O. The number of carbonyl (C=O) groups is 1. The lowest BCUT2D eigenvalue weighted by Gasteiger charge is -2.16. The quantitative estimate of drug-likeness (QED) is 0.818. The summed E-state index contributed by atoms with van der Waals surface area (Å²) in [5.74, 6) is -1.17. The fourth-order valence-corrected chi connectivity index (χ4v) is 2.18. The van der Waals surface area contributed by atoms with Gasteiger partial charge in [-0.25, -0.2) is 19.2 Å². The maximum atomic E-state index is 14.2. The number of anilines is 1. The van der Waals surface area contributed by atoms with Crippen LogP contribution in [-0.4, -0.2) is 34.2 Å². The third kappa shape index (κ3) is 3.24. The number of carboxylic acid groups (broad SMARTS) is 1. The molecule has 0 aliphatic rings. The van der Waals surface area contributed by atoms with E-state index < -0.39 is 17.8 Å². The monoisotopic (exact) mass is 307 g/mol. The number of hydrogen-bond donors (Lipinski definition) is 2. The first-order valence-corrected chi connectivity index (χ1v) is 7.05. The van der Waals surface area contributed by atoms with Gasteiger partial charge in [-0.3, -0.25) is 0 Å². The van der Waals surface area contributed by atoms with E-state index in [0.29, 0.717) is 17.6 Å². The molecule has 118 valence electrons. The molecular weight excluding hydrogens is 289 g/mol. The molecule has 1 aromatic carbocycles. The van der Waals surface area contributed by atoms with E-state index in [1.807, 2.05) is 6.92 Å². The normalized spacial score (nSPS) is 12.1. The number of unbranched alkanes of at least 4 members (excludes halogenated alkanes) is 1. The number of aromatic nitrogens is 2. The van der Waals surface area contributed by atoms with Crippen LogP contribution in [0, 0.1) is 5.82 Å². The van der Waals surface area contributed by atoms with E-state index in [1.165, 1.54) is 19.5 Å². The standard InChI is InChI=1S/C15H18FN3O3/c1-3-4-5-10(15(20)21)19-14-9-6-7-11(22-2)12(16)13(9)17-8-18-14/h6-8,10H,3-5H2,1-2H3,(H,20,21)(H,17,18,19)/t10-/m0/s1. The molecule has 0 aliphatic heterocycles. The average molecular weight is 307 g/mol. The molecule has 0 amide bonds. The molecule has 7 heteroatoms. The molecule has 0 saturated carbocycles. The second-order valence-corrected chi connectivity index (χ2v) is 4.88. The lowest BCUT2D eigenvalue weighted by Crippen LogP contribution is -2.29. The molecule has 0 saturated heterocycles. The number of benzene rings is 1. The molecule has 22 heavy (non-hydrogen) atoms.